The zero-order valence-corrected chi connectivity index (χ0v) is 23.3. The van der Waals surface area contributed by atoms with E-state index < -0.39 is 48.5 Å². The maximum Gasteiger partial charge on any atom is 0.332 e. The minimum Gasteiger partial charge on any atom is -0.479 e. The number of fused-ring (bicyclic) bond motifs is 1. The Morgan fingerprint density at radius 1 is 1.12 bits per heavy atom. The van der Waals surface area contributed by atoms with E-state index in [2.05, 4.69) is 5.32 Å². The molecule has 1 amide bonds. The van der Waals surface area contributed by atoms with Crippen LogP contribution in [0, 0.1) is 0 Å². The highest BCUT2D eigenvalue weighted by molar-refractivity contribution is 6.30. The van der Waals surface area contributed by atoms with Crippen molar-refractivity contribution in [3.63, 3.8) is 0 Å². The molecule has 2 fully saturated rings. The summed E-state index contributed by atoms with van der Waals surface area (Å²) >= 11 is 5.88. The number of ether oxygens (including phenoxy) is 5. The average Bonchev–Trinajstić information content (AvgIpc) is 2.90. The summed E-state index contributed by atoms with van der Waals surface area (Å²) in [5.41, 5.74) is 1.27. The fourth-order valence-electron chi connectivity index (χ4n) is 4.44. The Balaban J connectivity index is 1.52. The van der Waals surface area contributed by atoms with Gasteiger partial charge in [0.25, 0.3) is 0 Å². The number of amides is 1. The molecular weight excluding hydrogens is 542 g/mol. The molecule has 10 nitrogen and oxygen atoms in total. The lowest BCUT2D eigenvalue weighted by Gasteiger charge is -2.51. The normalized spacial score (nSPS) is 26.5. The summed E-state index contributed by atoms with van der Waals surface area (Å²) in [5.74, 6) is -2.25. The van der Waals surface area contributed by atoms with Crippen molar-refractivity contribution in [2.24, 2.45) is 0 Å². The second-order valence-corrected chi connectivity index (χ2v) is 10.5. The summed E-state index contributed by atoms with van der Waals surface area (Å²) in [7, 11) is 0. The molecular formula is C29H32ClNO9. The smallest absolute Gasteiger partial charge is 0.332 e. The van der Waals surface area contributed by atoms with Crippen molar-refractivity contribution < 1.29 is 43.2 Å². The molecule has 4 rings (SSSR count). The first-order chi connectivity index (χ1) is 18.9. The minimum absolute atomic E-state index is 0.150. The van der Waals surface area contributed by atoms with E-state index in [-0.39, 0.29) is 18.3 Å². The highest BCUT2D eigenvalue weighted by Crippen LogP contribution is 2.35. The van der Waals surface area contributed by atoms with Gasteiger partial charge in [0, 0.05) is 17.5 Å². The van der Waals surface area contributed by atoms with Gasteiger partial charge >= 0.3 is 5.97 Å². The van der Waals surface area contributed by atoms with Crippen molar-refractivity contribution in [1.29, 1.82) is 0 Å². The third kappa shape index (κ3) is 7.47. The molecule has 40 heavy (non-hydrogen) atoms. The van der Waals surface area contributed by atoms with Gasteiger partial charge in [0.1, 0.15) is 30.1 Å². The predicted molar refractivity (Wildman–Crippen MR) is 145 cm³/mol. The van der Waals surface area contributed by atoms with Gasteiger partial charge in [-0.15, -0.1) is 0 Å². The van der Waals surface area contributed by atoms with E-state index in [1.54, 1.807) is 68.5 Å². The van der Waals surface area contributed by atoms with Gasteiger partial charge in [-0.3, -0.25) is 9.59 Å². The topological polar surface area (TPSA) is 130 Å². The molecule has 2 aromatic carbocycles. The number of ketones is 1. The summed E-state index contributed by atoms with van der Waals surface area (Å²) in [4.78, 5) is 36.2. The first kappa shape index (κ1) is 29.7. The van der Waals surface area contributed by atoms with Crippen LogP contribution in [-0.4, -0.2) is 71.9 Å². The zero-order valence-electron chi connectivity index (χ0n) is 22.5. The van der Waals surface area contributed by atoms with Gasteiger partial charge in [0.15, 0.2) is 17.7 Å². The fraction of sp³-hybridized carbons (Fsp3) is 0.414. The molecule has 0 saturated carbocycles. The maximum absolute atomic E-state index is 12.4. The van der Waals surface area contributed by atoms with Gasteiger partial charge < -0.3 is 34.1 Å². The van der Waals surface area contributed by atoms with Crippen LogP contribution >= 0.6 is 11.6 Å². The number of nitrogens with one attached hydrogen (secondary N) is 1. The van der Waals surface area contributed by atoms with Gasteiger partial charge in [0.05, 0.1) is 6.61 Å². The summed E-state index contributed by atoms with van der Waals surface area (Å²) < 4.78 is 30.0. The first-order valence-electron chi connectivity index (χ1n) is 12.8. The summed E-state index contributed by atoms with van der Waals surface area (Å²) in [6.45, 7) is 6.35. The number of aliphatic carboxylic acids is 1. The van der Waals surface area contributed by atoms with Crippen molar-refractivity contribution in [2.45, 2.75) is 70.2 Å². The van der Waals surface area contributed by atoms with Gasteiger partial charge in [-0.25, -0.2) is 4.79 Å². The maximum atomic E-state index is 12.4. The molecule has 6 atom stereocenters. The molecule has 2 heterocycles. The first-order valence-corrected chi connectivity index (χ1v) is 13.2. The average molecular weight is 574 g/mol. The predicted octanol–water partition coefficient (Wildman–Crippen LogP) is 3.85. The number of hydrogen-bond donors (Lipinski definition) is 2. The van der Waals surface area contributed by atoms with Crippen LogP contribution in [0.15, 0.2) is 54.6 Å². The number of halogens is 1. The van der Waals surface area contributed by atoms with E-state index in [0.717, 1.165) is 5.56 Å². The quantitative estimate of drug-likeness (QED) is 0.339. The Morgan fingerprint density at radius 2 is 1.80 bits per heavy atom. The monoisotopic (exact) mass is 573 g/mol. The lowest BCUT2D eigenvalue weighted by Crippen LogP contribution is -2.70. The van der Waals surface area contributed by atoms with Crippen LogP contribution in [0.1, 0.15) is 43.6 Å². The molecule has 0 bridgehead atoms. The molecule has 6 unspecified atom stereocenters. The van der Waals surface area contributed by atoms with Gasteiger partial charge in [0.2, 0.25) is 12.2 Å². The number of carbonyl (C=O) groups is 3. The standard InChI is InChI=1S/C29H32ClNO9/c1-16(27(34)35)37-26-24(31-17(2)32)28(39-23-15-36-29(3,4)40-25(23)26)38-21-12-5-18(6-13-21)7-14-22(33)19-8-10-20(30)11-9-19/h5-14,16,23-26,28H,15H2,1-4H3,(H,31,32)(H,34,35)/b14-7+. The Labute approximate surface area is 237 Å². The zero-order chi connectivity index (χ0) is 29.0. The van der Waals surface area contributed by atoms with Crippen LogP contribution < -0.4 is 10.1 Å². The Kier molecular flexibility index (Phi) is 9.27. The van der Waals surface area contributed by atoms with E-state index in [4.69, 9.17) is 35.3 Å². The van der Waals surface area contributed by atoms with Crippen LogP contribution in [0.25, 0.3) is 6.08 Å². The Bertz CT molecular complexity index is 1250. The molecule has 11 heteroatoms. The molecule has 2 aliphatic heterocycles. The molecule has 2 aliphatic rings. The van der Waals surface area contributed by atoms with Crippen molar-refractivity contribution in [3.8, 4) is 5.75 Å². The van der Waals surface area contributed by atoms with E-state index in [1.165, 1.54) is 19.9 Å². The highest BCUT2D eigenvalue weighted by atomic mass is 35.5. The summed E-state index contributed by atoms with van der Waals surface area (Å²) in [6.07, 6.45) is -1.37. The highest BCUT2D eigenvalue weighted by Gasteiger charge is 2.54. The van der Waals surface area contributed by atoms with Gasteiger partial charge in [-0.1, -0.05) is 29.8 Å². The van der Waals surface area contributed by atoms with Crippen molar-refractivity contribution in [3.05, 3.63) is 70.8 Å². The Morgan fingerprint density at radius 3 is 2.42 bits per heavy atom. The van der Waals surface area contributed by atoms with Crippen molar-refractivity contribution in [1.82, 2.24) is 5.32 Å². The van der Waals surface area contributed by atoms with Crippen LogP contribution in [0.3, 0.4) is 0 Å². The third-order valence-corrected chi connectivity index (χ3v) is 6.68. The molecule has 2 aromatic rings. The molecule has 0 aliphatic carbocycles. The molecule has 214 valence electrons. The number of carbonyl (C=O) groups excluding carboxylic acids is 2. The van der Waals surface area contributed by atoms with Gasteiger partial charge in [-0.2, -0.15) is 0 Å². The SMILES string of the molecule is CC(=O)NC1C(Oc2ccc(/C=C/C(=O)c3ccc(Cl)cc3)cc2)OC2COC(C)(C)OC2C1OC(C)C(=O)O. The number of hydrogen-bond acceptors (Lipinski definition) is 8. The van der Waals surface area contributed by atoms with Crippen LogP contribution in [0.2, 0.25) is 5.02 Å². The Hall–Kier alpha value is -3.28. The van der Waals surface area contributed by atoms with E-state index in [1.807, 2.05) is 0 Å². The lowest BCUT2D eigenvalue weighted by molar-refractivity contribution is -0.366. The molecule has 2 saturated heterocycles. The van der Waals surface area contributed by atoms with Crippen molar-refractivity contribution >= 4 is 35.3 Å². The molecule has 0 radical (unpaired) electrons. The second kappa shape index (κ2) is 12.5. The number of rotatable bonds is 9. The van der Waals surface area contributed by atoms with Crippen LogP contribution in [0.5, 0.6) is 5.75 Å². The molecule has 0 aromatic heterocycles. The van der Waals surface area contributed by atoms with Crippen LogP contribution in [-0.2, 0) is 28.5 Å². The minimum atomic E-state index is -1.18. The molecule has 2 N–H and O–H groups in total. The largest absolute Gasteiger partial charge is 0.479 e. The summed E-state index contributed by atoms with van der Waals surface area (Å²) in [5, 5.41) is 12.8. The van der Waals surface area contributed by atoms with E-state index in [0.29, 0.717) is 16.3 Å². The van der Waals surface area contributed by atoms with E-state index in [9.17, 15) is 19.5 Å². The van der Waals surface area contributed by atoms with E-state index >= 15 is 0 Å². The number of carboxylic acids is 1. The fourth-order valence-corrected chi connectivity index (χ4v) is 4.57. The lowest BCUT2D eigenvalue weighted by atomic mass is 9.94. The van der Waals surface area contributed by atoms with Crippen LogP contribution in [0.4, 0.5) is 0 Å². The number of benzene rings is 2. The molecule has 0 spiro atoms. The van der Waals surface area contributed by atoms with Crippen molar-refractivity contribution in [2.75, 3.05) is 6.61 Å². The third-order valence-electron chi connectivity index (χ3n) is 6.43. The number of allylic oxidation sites excluding steroid dienone is 1. The van der Waals surface area contributed by atoms with Gasteiger partial charge in [-0.05, 0) is 68.8 Å². The second-order valence-electron chi connectivity index (χ2n) is 10.0. The number of carboxylic acid groups (broad SMARTS) is 1. The summed E-state index contributed by atoms with van der Waals surface area (Å²) in [6, 6.07) is 12.6.